The van der Waals surface area contributed by atoms with E-state index in [1.54, 1.807) is 0 Å². The standard InChI is InChI=1S/C17H19ClOS/c1-14-5-7-17(8-6-14)19-9-10-20-13-16-4-2-3-15(11-16)12-18/h2-8,11H,9-10,12-13H2,1H3. The van der Waals surface area contributed by atoms with Gasteiger partial charge in [0.25, 0.3) is 0 Å². The van der Waals surface area contributed by atoms with Crippen molar-refractivity contribution >= 4 is 23.4 Å². The molecule has 1 nitrogen and oxygen atoms in total. The van der Waals surface area contributed by atoms with Gasteiger partial charge in [-0.25, -0.2) is 0 Å². The van der Waals surface area contributed by atoms with Crippen molar-refractivity contribution in [1.82, 2.24) is 0 Å². The Labute approximate surface area is 130 Å². The Morgan fingerprint density at radius 1 is 1.05 bits per heavy atom. The second kappa shape index (κ2) is 8.23. The first-order valence-electron chi connectivity index (χ1n) is 6.69. The summed E-state index contributed by atoms with van der Waals surface area (Å²) >= 11 is 7.71. The Balaban J connectivity index is 1.67. The zero-order valence-electron chi connectivity index (χ0n) is 11.6. The summed E-state index contributed by atoms with van der Waals surface area (Å²) in [5.41, 5.74) is 3.76. The van der Waals surface area contributed by atoms with E-state index in [4.69, 9.17) is 16.3 Å². The van der Waals surface area contributed by atoms with Gasteiger partial charge in [0.1, 0.15) is 5.75 Å². The number of aryl methyl sites for hydroxylation is 1. The zero-order chi connectivity index (χ0) is 14.2. The lowest BCUT2D eigenvalue weighted by atomic mass is 10.2. The zero-order valence-corrected chi connectivity index (χ0v) is 13.2. The predicted molar refractivity (Wildman–Crippen MR) is 88.8 cm³/mol. The van der Waals surface area contributed by atoms with Crippen LogP contribution in [0.15, 0.2) is 48.5 Å². The normalized spacial score (nSPS) is 10.5. The van der Waals surface area contributed by atoms with Crippen molar-refractivity contribution in [3.63, 3.8) is 0 Å². The number of rotatable bonds is 7. The fourth-order valence-corrected chi connectivity index (χ4v) is 2.77. The van der Waals surface area contributed by atoms with Crippen LogP contribution in [0.1, 0.15) is 16.7 Å². The lowest BCUT2D eigenvalue weighted by molar-refractivity contribution is 0.344. The molecular formula is C17H19ClOS. The second-order valence-corrected chi connectivity index (χ2v) is 6.04. The Bertz CT molecular complexity index is 525. The monoisotopic (exact) mass is 306 g/mol. The summed E-state index contributed by atoms with van der Waals surface area (Å²) in [5, 5.41) is 0. The molecule has 0 radical (unpaired) electrons. The van der Waals surface area contributed by atoms with Gasteiger partial charge in [0, 0.05) is 17.4 Å². The minimum atomic E-state index is 0.578. The molecule has 0 saturated heterocycles. The second-order valence-electron chi connectivity index (χ2n) is 4.67. The summed E-state index contributed by atoms with van der Waals surface area (Å²) in [5.74, 6) is 3.51. The molecule has 0 aliphatic heterocycles. The highest BCUT2D eigenvalue weighted by Crippen LogP contribution is 2.16. The van der Waals surface area contributed by atoms with E-state index in [0.29, 0.717) is 5.88 Å². The lowest BCUT2D eigenvalue weighted by Gasteiger charge is -2.07. The van der Waals surface area contributed by atoms with Gasteiger partial charge < -0.3 is 4.74 Å². The van der Waals surface area contributed by atoms with Gasteiger partial charge in [0.05, 0.1) is 6.61 Å². The van der Waals surface area contributed by atoms with Crippen molar-refractivity contribution < 1.29 is 4.74 Å². The highest BCUT2D eigenvalue weighted by Gasteiger charge is 1.97. The van der Waals surface area contributed by atoms with Crippen LogP contribution in [0.2, 0.25) is 0 Å². The average molecular weight is 307 g/mol. The highest BCUT2D eigenvalue weighted by atomic mass is 35.5. The molecule has 2 rings (SSSR count). The third kappa shape index (κ3) is 5.10. The van der Waals surface area contributed by atoms with Gasteiger partial charge in [-0.1, -0.05) is 42.0 Å². The molecule has 2 aromatic carbocycles. The number of benzene rings is 2. The Kier molecular flexibility index (Phi) is 6.28. The van der Waals surface area contributed by atoms with E-state index in [9.17, 15) is 0 Å². The summed E-state index contributed by atoms with van der Waals surface area (Å²) in [4.78, 5) is 0. The van der Waals surface area contributed by atoms with Crippen molar-refractivity contribution in [1.29, 1.82) is 0 Å². The minimum absolute atomic E-state index is 0.578. The van der Waals surface area contributed by atoms with Gasteiger partial charge >= 0.3 is 0 Å². The average Bonchev–Trinajstić information content (AvgIpc) is 2.49. The molecule has 0 saturated carbocycles. The summed E-state index contributed by atoms with van der Waals surface area (Å²) in [6.07, 6.45) is 0. The van der Waals surface area contributed by atoms with E-state index >= 15 is 0 Å². The Hall–Kier alpha value is -1.12. The smallest absolute Gasteiger partial charge is 0.119 e. The van der Waals surface area contributed by atoms with Gasteiger partial charge in [-0.05, 0) is 30.2 Å². The van der Waals surface area contributed by atoms with Gasteiger partial charge in [-0.2, -0.15) is 11.8 Å². The van der Waals surface area contributed by atoms with Crippen molar-refractivity contribution in [2.75, 3.05) is 12.4 Å². The summed E-state index contributed by atoms with van der Waals surface area (Å²) in [7, 11) is 0. The number of halogens is 1. The third-order valence-electron chi connectivity index (χ3n) is 2.93. The van der Waals surface area contributed by atoms with Crippen LogP contribution in [0.25, 0.3) is 0 Å². The first-order valence-corrected chi connectivity index (χ1v) is 8.38. The topological polar surface area (TPSA) is 9.23 Å². The highest BCUT2D eigenvalue weighted by molar-refractivity contribution is 7.98. The number of alkyl halides is 1. The van der Waals surface area contributed by atoms with Gasteiger partial charge in [-0.15, -0.1) is 11.6 Å². The molecular weight excluding hydrogens is 288 g/mol. The van der Waals surface area contributed by atoms with Crippen LogP contribution in [0.4, 0.5) is 0 Å². The van der Waals surface area contributed by atoms with E-state index in [1.165, 1.54) is 16.7 Å². The van der Waals surface area contributed by atoms with E-state index in [-0.39, 0.29) is 0 Å². The molecule has 0 N–H and O–H groups in total. The van der Waals surface area contributed by atoms with Crippen molar-refractivity contribution in [3.05, 3.63) is 65.2 Å². The molecule has 0 spiro atoms. The summed E-state index contributed by atoms with van der Waals surface area (Å²) < 4.78 is 5.70. The number of hydrogen-bond acceptors (Lipinski definition) is 2. The van der Waals surface area contributed by atoms with Gasteiger partial charge in [-0.3, -0.25) is 0 Å². The molecule has 106 valence electrons. The van der Waals surface area contributed by atoms with Crippen molar-refractivity contribution in [3.8, 4) is 5.75 Å². The molecule has 20 heavy (non-hydrogen) atoms. The fraction of sp³-hybridized carbons (Fsp3) is 0.294. The van der Waals surface area contributed by atoms with Crippen molar-refractivity contribution in [2.24, 2.45) is 0 Å². The maximum atomic E-state index is 5.83. The van der Waals surface area contributed by atoms with Crippen LogP contribution in [0.3, 0.4) is 0 Å². The van der Waals surface area contributed by atoms with Gasteiger partial charge in [0.2, 0.25) is 0 Å². The largest absolute Gasteiger partial charge is 0.493 e. The molecule has 0 aromatic heterocycles. The summed E-state index contributed by atoms with van der Waals surface area (Å²) in [6, 6.07) is 16.6. The molecule has 0 unspecified atom stereocenters. The predicted octanol–water partition coefficient (Wildman–Crippen LogP) is 5.05. The molecule has 3 heteroatoms. The third-order valence-corrected chi connectivity index (χ3v) is 4.23. The molecule has 2 aromatic rings. The summed E-state index contributed by atoms with van der Waals surface area (Å²) in [6.45, 7) is 2.82. The number of thioether (sulfide) groups is 1. The van der Waals surface area contributed by atoms with Crippen LogP contribution < -0.4 is 4.74 Å². The molecule has 0 fully saturated rings. The number of hydrogen-bond donors (Lipinski definition) is 0. The van der Waals surface area contributed by atoms with Crippen LogP contribution >= 0.6 is 23.4 Å². The minimum Gasteiger partial charge on any atom is -0.493 e. The maximum Gasteiger partial charge on any atom is 0.119 e. The molecule has 0 atom stereocenters. The molecule has 0 aliphatic carbocycles. The molecule has 0 bridgehead atoms. The van der Waals surface area contributed by atoms with Crippen LogP contribution in [0.5, 0.6) is 5.75 Å². The van der Waals surface area contributed by atoms with E-state index in [0.717, 1.165) is 23.9 Å². The molecule has 0 aliphatic rings. The van der Waals surface area contributed by atoms with Crippen LogP contribution in [0, 0.1) is 6.92 Å². The van der Waals surface area contributed by atoms with E-state index < -0.39 is 0 Å². The maximum absolute atomic E-state index is 5.83. The first kappa shape index (κ1) is 15.3. The molecule has 0 heterocycles. The Morgan fingerprint density at radius 3 is 2.55 bits per heavy atom. The molecule has 0 amide bonds. The van der Waals surface area contributed by atoms with Crippen LogP contribution in [-0.2, 0) is 11.6 Å². The van der Waals surface area contributed by atoms with Gasteiger partial charge in [0.15, 0.2) is 0 Å². The lowest BCUT2D eigenvalue weighted by Crippen LogP contribution is -2.00. The number of ether oxygens (including phenoxy) is 1. The quantitative estimate of drug-likeness (QED) is 0.523. The van der Waals surface area contributed by atoms with Crippen LogP contribution in [-0.4, -0.2) is 12.4 Å². The fourth-order valence-electron chi connectivity index (χ4n) is 1.85. The van der Waals surface area contributed by atoms with Crippen molar-refractivity contribution in [2.45, 2.75) is 18.6 Å². The van der Waals surface area contributed by atoms with E-state index in [2.05, 4.69) is 43.3 Å². The van der Waals surface area contributed by atoms with E-state index in [1.807, 2.05) is 23.9 Å². The Morgan fingerprint density at radius 2 is 1.80 bits per heavy atom. The first-order chi connectivity index (χ1) is 9.78. The SMILES string of the molecule is Cc1ccc(OCCSCc2cccc(CCl)c2)cc1.